The first-order valence-electron chi connectivity index (χ1n) is 8.76. The molecule has 0 aliphatic rings. The Hall–Kier alpha value is -3.60. The largest absolute Gasteiger partial charge is 0.492 e. The average molecular weight is 376 g/mol. The number of hydrogen-bond acceptors (Lipinski definition) is 3. The molecule has 0 fully saturated rings. The molecule has 5 nitrogen and oxygen atoms in total. The molecule has 0 radical (unpaired) electrons. The summed E-state index contributed by atoms with van der Waals surface area (Å²) in [4.78, 5) is 22.6. The molecule has 0 amide bonds. The summed E-state index contributed by atoms with van der Waals surface area (Å²) < 4.78 is 5.95. The summed E-state index contributed by atoms with van der Waals surface area (Å²) >= 11 is 0. The number of ether oxygens (including phenoxy) is 1. The molecule has 0 heterocycles. The van der Waals surface area contributed by atoms with Gasteiger partial charge in [-0.25, -0.2) is 9.59 Å². The topological polar surface area (TPSA) is 83.8 Å². The Morgan fingerprint density at radius 2 is 1.29 bits per heavy atom. The van der Waals surface area contributed by atoms with Crippen molar-refractivity contribution in [3.05, 3.63) is 101 Å². The lowest BCUT2D eigenvalue weighted by Crippen LogP contribution is -2.31. The maximum atomic E-state index is 11.4. The molecule has 0 atom stereocenters. The minimum absolute atomic E-state index is 0.256. The molecule has 2 N–H and O–H groups in total. The molecular weight excluding hydrogens is 356 g/mol. The Morgan fingerprint density at radius 3 is 1.75 bits per heavy atom. The third kappa shape index (κ3) is 3.88. The van der Waals surface area contributed by atoms with Crippen LogP contribution in [0.1, 0.15) is 38.8 Å². The van der Waals surface area contributed by atoms with Crippen LogP contribution in [0.2, 0.25) is 0 Å². The van der Waals surface area contributed by atoms with Crippen LogP contribution in [0.15, 0.2) is 78.9 Å². The van der Waals surface area contributed by atoms with Crippen LogP contribution in [0, 0.1) is 0 Å². The second kappa shape index (κ2) is 7.96. The van der Waals surface area contributed by atoms with Gasteiger partial charge in [0.15, 0.2) is 0 Å². The smallest absolute Gasteiger partial charge is 0.336 e. The van der Waals surface area contributed by atoms with E-state index in [1.165, 1.54) is 18.2 Å². The van der Waals surface area contributed by atoms with Gasteiger partial charge >= 0.3 is 11.9 Å². The third-order valence-electron chi connectivity index (χ3n) is 4.80. The number of carbonyl (C=O) groups is 2. The number of benzene rings is 3. The summed E-state index contributed by atoms with van der Waals surface area (Å²) in [6.07, 6.45) is 0. The van der Waals surface area contributed by atoms with E-state index >= 15 is 0 Å². The molecule has 5 heteroatoms. The molecule has 3 aromatic rings. The Bertz CT molecular complexity index is 941. The van der Waals surface area contributed by atoms with Gasteiger partial charge in [0.05, 0.1) is 16.5 Å². The first-order valence-corrected chi connectivity index (χ1v) is 8.76. The highest BCUT2D eigenvalue weighted by molar-refractivity contribution is 6.02. The highest BCUT2D eigenvalue weighted by atomic mass is 16.5. The van der Waals surface area contributed by atoms with Crippen LogP contribution >= 0.6 is 0 Å². The van der Waals surface area contributed by atoms with E-state index < -0.39 is 17.4 Å². The lowest BCUT2D eigenvalue weighted by atomic mass is 9.77. The van der Waals surface area contributed by atoms with Crippen molar-refractivity contribution in [3.63, 3.8) is 0 Å². The van der Waals surface area contributed by atoms with Crippen LogP contribution in [-0.2, 0) is 5.41 Å². The van der Waals surface area contributed by atoms with E-state index in [4.69, 9.17) is 9.84 Å². The Balaban J connectivity index is 1.94. The monoisotopic (exact) mass is 376 g/mol. The fraction of sp³-hybridized carbons (Fsp3) is 0.130. The zero-order chi connectivity index (χ0) is 20.1. The highest BCUT2D eigenvalue weighted by Crippen LogP contribution is 2.33. The number of rotatable bonds is 7. The number of carboxylic acids is 2. The van der Waals surface area contributed by atoms with Gasteiger partial charge < -0.3 is 14.9 Å². The molecule has 3 rings (SSSR count). The molecule has 0 spiro atoms. The van der Waals surface area contributed by atoms with Crippen LogP contribution < -0.4 is 4.74 Å². The van der Waals surface area contributed by atoms with Crippen LogP contribution in [0.25, 0.3) is 0 Å². The van der Waals surface area contributed by atoms with Crippen molar-refractivity contribution in [2.24, 2.45) is 0 Å². The molecular formula is C23H20O5. The second-order valence-electron chi connectivity index (χ2n) is 6.67. The molecule has 0 aliphatic heterocycles. The lowest BCUT2D eigenvalue weighted by Gasteiger charge is -2.31. The van der Waals surface area contributed by atoms with Crippen molar-refractivity contribution >= 4 is 11.9 Å². The normalized spacial score (nSPS) is 11.0. The minimum atomic E-state index is -1.31. The predicted molar refractivity (Wildman–Crippen MR) is 105 cm³/mol. The van der Waals surface area contributed by atoms with E-state index in [9.17, 15) is 14.7 Å². The Morgan fingerprint density at radius 1 is 0.786 bits per heavy atom. The van der Waals surface area contributed by atoms with Crippen LogP contribution in [0.4, 0.5) is 0 Å². The second-order valence-corrected chi connectivity index (χ2v) is 6.67. The SMILES string of the molecule is CC(COc1ccc(C(=O)O)c(C(=O)O)c1)(c1ccccc1)c1ccccc1. The van der Waals surface area contributed by atoms with E-state index in [-0.39, 0.29) is 17.7 Å². The maximum absolute atomic E-state index is 11.4. The molecule has 0 saturated heterocycles. The van der Waals surface area contributed by atoms with Gasteiger partial charge in [0.25, 0.3) is 0 Å². The summed E-state index contributed by atoms with van der Waals surface area (Å²) in [5.41, 5.74) is 1.07. The standard InChI is InChI=1S/C23H20O5/c1-23(16-8-4-2-5-9-16,17-10-6-3-7-11-17)15-28-18-12-13-19(21(24)25)20(14-18)22(26)27/h2-14H,15H2,1H3,(H,24,25)(H,26,27). The van der Waals surface area contributed by atoms with E-state index in [1.807, 2.05) is 60.7 Å². The summed E-state index contributed by atoms with van der Waals surface area (Å²) in [5, 5.41) is 18.5. The van der Waals surface area contributed by atoms with E-state index in [0.717, 1.165) is 11.1 Å². The minimum Gasteiger partial charge on any atom is -0.492 e. The van der Waals surface area contributed by atoms with Gasteiger partial charge in [-0.05, 0) is 36.2 Å². The fourth-order valence-electron chi connectivity index (χ4n) is 3.15. The first kappa shape index (κ1) is 19.2. The van der Waals surface area contributed by atoms with Gasteiger partial charge in [0, 0.05) is 0 Å². The molecule has 3 aromatic carbocycles. The van der Waals surface area contributed by atoms with Gasteiger partial charge in [-0.15, -0.1) is 0 Å². The van der Waals surface area contributed by atoms with E-state index in [1.54, 1.807) is 0 Å². The van der Waals surface area contributed by atoms with Crippen molar-refractivity contribution in [2.45, 2.75) is 12.3 Å². The molecule has 0 saturated carbocycles. The highest BCUT2D eigenvalue weighted by Gasteiger charge is 2.30. The zero-order valence-electron chi connectivity index (χ0n) is 15.3. The molecule has 142 valence electrons. The van der Waals surface area contributed by atoms with Crippen LogP contribution in [-0.4, -0.2) is 28.8 Å². The summed E-state index contributed by atoms with van der Waals surface area (Å²) in [6.45, 7) is 2.31. The average Bonchev–Trinajstić information content (AvgIpc) is 2.73. The van der Waals surface area contributed by atoms with Gasteiger partial charge in [-0.2, -0.15) is 0 Å². The Labute approximate surface area is 162 Å². The Kier molecular flexibility index (Phi) is 5.45. The van der Waals surface area contributed by atoms with Crippen LogP contribution in [0.5, 0.6) is 5.75 Å². The summed E-state index contributed by atoms with van der Waals surface area (Å²) in [7, 11) is 0. The third-order valence-corrected chi connectivity index (χ3v) is 4.80. The molecule has 0 aliphatic carbocycles. The van der Waals surface area contributed by atoms with Gasteiger partial charge in [0.2, 0.25) is 0 Å². The molecule has 0 unspecified atom stereocenters. The fourth-order valence-corrected chi connectivity index (χ4v) is 3.15. The summed E-state index contributed by atoms with van der Waals surface area (Å²) in [6, 6.07) is 23.8. The zero-order valence-corrected chi connectivity index (χ0v) is 15.3. The summed E-state index contributed by atoms with van der Waals surface area (Å²) in [5.74, 6) is -2.29. The van der Waals surface area contributed by atoms with Crippen molar-refractivity contribution in [2.75, 3.05) is 6.61 Å². The van der Waals surface area contributed by atoms with Crippen molar-refractivity contribution in [3.8, 4) is 5.75 Å². The number of aromatic carboxylic acids is 2. The van der Waals surface area contributed by atoms with Gasteiger partial charge in [0.1, 0.15) is 12.4 Å². The quantitative estimate of drug-likeness (QED) is 0.636. The van der Waals surface area contributed by atoms with Crippen molar-refractivity contribution in [1.82, 2.24) is 0 Å². The van der Waals surface area contributed by atoms with Crippen molar-refractivity contribution in [1.29, 1.82) is 0 Å². The van der Waals surface area contributed by atoms with E-state index in [2.05, 4.69) is 6.92 Å². The van der Waals surface area contributed by atoms with Crippen molar-refractivity contribution < 1.29 is 24.5 Å². The van der Waals surface area contributed by atoms with Gasteiger partial charge in [-0.3, -0.25) is 0 Å². The number of hydrogen-bond donors (Lipinski definition) is 2. The number of carboxylic acid groups (broad SMARTS) is 2. The maximum Gasteiger partial charge on any atom is 0.336 e. The predicted octanol–water partition coefficient (Wildman–Crippen LogP) is 4.47. The molecule has 0 aromatic heterocycles. The van der Waals surface area contributed by atoms with E-state index in [0.29, 0.717) is 5.75 Å². The lowest BCUT2D eigenvalue weighted by molar-refractivity contribution is 0.0651. The van der Waals surface area contributed by atoms with Crippen LogP contribution in [0.3, 0.4) is 0 Å². The molecule has 28 heavy (non-hydrogen) atoms. The molecule has 0 bridgehead atoms. The van der Waals surface area contributed by atoms with Gasteiger partial charge in [-0.1, -0.05) is 60.7 Å². The first-order chi connectivity index (χ1) is 13.4.